The lowest BCUT2D eigenvalue weighted by molar-refractivity contribution is -0.117. The van der Waals surface area contributed by atoms with Crippen LogP contribution in [0.3, 0.4) is 0 Å². The summed E-state index contributed by atoms with van der Waals surface area (Å²) in [6.07, 6.45) is 0.524. The minimum absolute atomic E-state index is 0.147. The fourth-order valence-corrected chi connectivity index (χ4v) is 3.19. The van der Waals surface area contributed by atoms with Gasteiger partial charge in [-0.2, -0.15) is 12.6 Å². The number of thiol groups is 1. The Hall–Kier alpha value is -1.33. The Morgan fingerprint density at radius 3 is 2.63 bits per heavy atom. The summed E-state index contributed by atoms with van der Waals surface area (Å²) < 4.78 is 0. The van der Waals surface area contributed by atoms with Gasteiger partial charge in [-0.05, 0) is 19.1 Å². The summed E-state index contributed by atoms with van der Waals surface area (Å²) in [6, 6.07) is 7.99. The molecule has 0 bridgehead atoms. The van der Waals surface area contributed by atoms with Gasteiger partial charge < -0.3 is 4.90 Å². The van der Waals surface area contributed by atoms with Crippen molar-refractivity contribution in [3.05, 3.63) is 34.7 Å². The van der Waals surface area contributed by atoms with Crippen LogP contribution in [0, 0.1) is 6.92 Å². The summed E-state index contributed by atoms with van der Waals surface area (Å²) in [5, 5.41) is 3.26. The van der Waals surface area contributed by atoms with Gasteiger partial charge >= 0.3 is 0 Å². The molecule has 1 saturated heterocycles. The molecule has 1 atom stereocenters. The summed E-state index contributed by atoms with van der Waals surface area (Å²) in [4.78, 5) is 18.1. The lowest BCUT2D eigenvalue weighted by Crippen LogP contribution is -2.24. The van der Waals surface area contributed by atoms with Crippen molar-refractivity contribution in [3.8, 4) is 11.3 Å². The zero-order chi connectivity index (χ0) is 13.4. The summed E-state index contributed by atoms with van der Waals surface area (Å²) >= 11 is 6.01. The maximum absolute atomic E-state index is 11.8. The van der Waals surface area contributed by atoms with E-state index >= 15 is 0 Å². The van der Waals surface area contributed by atoms with Crippen molar-refractivity contribution in [2.75, 3.05) is 11.4 Å². The maximum atomic E-state index is 11.8. The molecule has 2 heterocycles. The minimum Gasteiger partial charge on any atom is -0.311 e. The van der Waals surface area contributed by atoms with Crippen LogP contribution in [0.1, 0.15) is 11.4 Å². The van der Waals surface area contributed by atoms with Crippen LogP contribution in [0.25, 0.3) is 11.3 Å². The molecule has 0 spiro atoms. The molecular formula is C14H14N2OS2. The molecule has 1 aromatic carbocycles. The molecule has 98 valence electrons. The third-order valence-corrected chi connectivity index (χ3v) is 4.32. The Balaban J connectivity index is 1.85. The Morgan fingerprint density at radius 1 is 1.37 bits per heavy atom. The van der Waals surface area contributed by atoms with Crippen molar-refractivity contribution in [1.29, 1.82) is 0 Å². The molecule has 19 heavy (non-hydrogen) atoms. The van der Waals surface area contributed by atoms with Gasteiger partial charge in [0, 0.05) is 34.8 Å². The maximum Gasteiger partial charge on any atom is 0.228 e. The number of aromatic nitrogens is 1. The minimum atomic E-state index is 0.147. The molecule has 1 aromatic heterocycles. The van der Waals surface area contributed by atoms with E-state index in [1.807, 2.05) is 31.2 Å². The third-order valence-electron chi connectivity index (χ3n) is 3.20. The van der Waals surface area contributed by atoms with Gasteiger partial charge in [-0.1, -0.05) is 12.1 Å². The van der Waals surface area contributed by atoms with Crippen molar-refractivity contribution in [3.63, 3.8) is 0 Å². The summed E-state index contributed by atoms with van der Waals surface area (Å²) in [6.45, 7) is 2.69. The van der Waals surface area contributed by atoms with E-state index in [0.717, 1.165) is 22.0 Å². The van der Waals surface area contributed by atoms with Crippen molar-refractivity contribution >= 4 is 35.6 Å². The third kappa shape index (κ3) is 2.53. The standard InChI is InChI=1S/C14H14N2OS2/c1-9-15-13(8-19-9)10-2-4-11(5-3-10)16-7-12(18)6-14(16)17/h2-5,8,12,18H,6-7H2,1H3. The van der Waals surface area contributed by atoms with Crippen LogP contribution in [0.2, 0.25) is 0 Å². The van der Waals surface area contributed by atoms with E-state index in [4.69, 9.17) is 0 Å². The number of aryl methyl sites for hydroxylation is 1. The van der Waals surface area contributed by atoms with Gasteiger partial charge in [-0.25, -0.2) is 4.98 Å². The fraction of sp³-hybridized carbons (Fsp3) is 0.286. The number of amides is 1. The van der Waals surface area contributed by atoms with Gasteiger partial charge in [0.1, 0.15) is 0 Å². The van der Waals surface area contributed by atoms with Crippen molar-refractivity contribution in [1.82, 2.24) is 4.98 Å². The zero-order valence-electron chi connectivity index (χ0n) is 10.5. The van der Waals surface area contributed by atoms with Crippen LogP contribution in [-0.2, 0) is 4.79 Å². The number of nitrogens with zero attached hydrogens (tertiary/aromatic N) is 2. The molecule has 3 rings (SSSR count). The van der Waals surface area contributed by atoms with E-state index in [1.165, 1.54) is 0 Å². The number of hydrogen-bond donors (Lipinski definition) is 1. The number of thiazole rings is 1. The van der Waals surface area contributed by atoms with E-state index in [0.29, 0.717) is 13.0 Å². The number of hydrogen-bond acceptors (Lipinski definition) is 4. The highest BCUT2D eigenvalue weighted by Gasteiger charge is 2.28. The molecule has 0 N–H and O–H groups in total. The van der Waals surface area contributed by atoms with E-state index in [2.05, 4.69) is 23.0 Å². The highest BCUT2D eigenvalue weighted by molar-refractivity contribution is 7.81. The van der Waals surface area contributed by atoms with Gasteiger partial charge in [0.15, 0.2) is 0 Å². The second-order valence-corrected chi connectivity index (χ2v) is 6.45. The molecule has 1 amide bonds. The summed E-state index contributed by atoms with van der Waals surface area (Å²) in [5.41, 5.74) is 3.02. The topological polar surface area (TPSA) is 33.2 Å². The largest absolute Gasteiger partial charge is 0.311 e. The van der Waals surface area contributed by atoms with Gasteiger partial charge in [-0.15, -0.1) is 11.3 Å². The van der Waals surface area contributed by atoms with Crippen LogP contribution >= 0.6 is 24.0 Å². The second kappa shape index (κ2) is 4.98. The van der Waals surface area contributed by atoms with Gasteiger partial charge in [-0.3, -0.25) is 4.79 Å². The average molecular weight is 290 g/mol. The molecule has 0 aliphatic carbocycles. The van der Waals surface area contributed by atoms with Crippen LogP contribution in [0.4, 0.5) is 5.69 Å². The molecule has 1 aliphatic heterocycles. The molecule has 3 nitrogen and oxygen atoms in total. The Kier molecular flexibility index (Phi) is 3.33. The van der Waals surface area contributed by atoms with Crippen LogP contribution in [-0.4, -0.2) is 22.7 Å². The lowest BCUT2D eigenvalue weighted by Gasteiger charge is -2.16. The SMILES string of the molecule is Cc1nc(-c2ccc(N3CC(S)CC3=O)cc2)cs1. The lowest BCUT2D eigenvalue weighted by atomic mass is 10.1. The number of benzene rings is 1. The fourth-order valence-electron chi connectivity index (χ4n) is 2.25. The Labute approximate surface area is 121 Å². The van der Waals surface area contributed by atoms with Crippen LogP contribution < -0.4 is 4.90 Å². The smallest absolute Gasteiger partial charge is 0.228 e. The van der Waals surface area contributed by atoms with Gasteiger partial charge in [0.05, 0.1) is 10.7 Å². The van der Waals surface area contributed by atoms with Crippen molar-refractivity contribution in [2.24, 2.45) is 0 Å². The molecule has 0 saturated carbocycles. The average Bonchev–Trinajstić information content (AvgIpc) is 2.96. The zero-order valence-corrected chi connectivity index (χ0v) is 12.2. The van der Waals surface area contributed by atoms with E-state index in [-0.39, 0.29) is 11.2 Å². The van der Waals surface area contributed by atoms with E-state index in [1.54, 1.807) is 16.2 Å². The quantitative estimate of drug-likeness (QED) is 0.862. The normalized spacial score (nSPS) is 19.2. The number of carbonyl (C=O) groups is 1. The Bertz CT molecular complexity index is 606. The van der Waals surface area contributed by atoms with E-state index in [9.17, 15) is 4.79 Å². The van der Waals surface area contributed by atoms with Crippen molar-refractivity contribution in [2.45, 2.75) is 18.6 Å². The van der Waals surface area contributed by atoms with Crippen LogP contribution in [0.5, 0.6) is 0 Å². The second-order valence-electron chi connectivity index (χ2n) is 4.66. The summed E-state index contributed by atoms with van der Waals surface area (Å²) in [5.74, 6) is 0.150. The Morgan fingerprint density at radius 2 is 2.11 bits per heavy atom. The highest BCUT2D eigenvalue weighted by Crippen LogP contribution is 2.27. The van der Waals surface area contributed by atoms with E-state index < -0.39 is 0 Å². The molecule has 5 heteroatoms. The highest BCUT2D eigenvalue weighted by atomic mass is 32.1. The molecular weight excluding hydrogens is 276 g/mol. The first-order chi connectivity index (χ1) is 9.13. The predicted molar refractivity (Wildman–Crippen MR) is 82.0 cm³/mol. The number of carbonyl (C=O) groups excluding carboxylic acids is 1. The molecule has 1 aliphatic rings. The first-order valence-corrected chi connectivity index (χ1v) is 7.54. The first kappa shape index (κ1) is 12.7. The summed E-state index contributed by atoms with van der Waals surface area (Å²) in [7, 11) is 0. The molecule has 2 aromatic rings. The number of anilines is 1. The van der Waals surface area contributed by atoms with Crippen LogP contribution in [0.15, 0.2) is 29.6 Å². The van der Waals surface area contributed by atoms with Gasteiger partial charge in [0.2, 0.25) is 5.91 Å². The van der Waals surface area contributed by atoms with Crippen molar-refractivity contribution < 1.29 is 4.79 Å². The molecule has 1 unspecified atom stereocenters. The number of rotatable bonds is 2. The predicted octanol–water partition coefficient (Wildman–Crippen LogP) is 3.15. The monoisotopic (exact) mass is 290 g/mol. The first-order valence-electron chi connectivity index (χ1n) is 6.14. The molecule has 0 radical (unpaired) electrons. The van der Waals surface area contributed by atoms with Gasteiger partial charge in [0.25, 0.3) is 0 Å². The molecule has 1 fully saturated rings.